The molecule has 0 aliphatic rings. The van der Waals surface area contributed by atoms with E-state index in [0.717, 1.165) is 19.3 Å². The van der Waals surface area contributed by atoms with Crippen molar-refractivity contribution in [2.75, 3.05) is 20.8 Å². The minimum absolute atomic E-state index is 0.231. The lowest BCUT2D eigenvalue weighted by Crippen LogP contribution is -2.35. The monoisotopic (exact) mass is 356 g/mol. The molecule has 0 fully saturated rings. The number of nitrogens with zero attached hydrogens (tertiary/aromatic N) is 2. The Hall–Kier alpha value is -1.50. The summed E-state index contributed by atoms with van der Waals surface area (Å²) in [6, 6.07) is 1.60. The zero-order valence-corrected chi connectivity index (χ0v) is 16.2. The molecule has 136 valence electrons. The van der Waals surface area contributed by atoms with Crippen LogP contribution < -0.4 is 9.47 Å². The fourth-order valence-electron chi connectivity index (χ4n) is 1.86. The predicted octanol–water partition coefficient (Wildman–Crippen LogP) is 3.73. The number of hydrogen-bond acceptors (Lipinski definition) is 7. The van der Waals surface area contributed by atoms with Crippen LogP contribution in [0, 0.1) is 5.41 Å². The number of methoxy groups -OCH3 is 2. The highest BCUT2D eigenvalue weighted by Gasteiger charge is 2.37. The van der Waals surface area contributed by atoms with E-state index in [2.05, 4.69) is 23.8 Å². The highest BCUT2D eigenvalue weighted by Crippen LogP contribution is 2.38. The lowest BCUT2D eigenvalue weighted by Gasteiger charge is -2.30. The van der Waals surface area contributed by atoms with E-state index in [-0.39, 0.29) is 11.4 Å². The molecule has 1 atom stereocenters. The van der Waals surface area contributed by atoms with E-state index in [1.807, 2.05) is 13.8 Å². The molecule has 0 N–H and O–H groups in total. The van der Waals surface area contributed by atoms with Crippen molar-refractivity contribution in [3.05, 3.63) is 6.07 Å². The van der Waals surface area contributed by atoms with E-state index in [1.54, 1.807) is 6.07 Å². The van der Waals surface area contributed by atoms with Gasteiger partial charge in [-0.15, -0.1) is 0 Å². The summed E-state index contributed by atoms with van der Waals surface area (Å²) >= 11 is 1.29. The van der Waals surface area contributed by atoms with E-state index in [9.17, 15) is 4.79 Å². The third-order valence-electron chi connectivity index (χ3n) is 3.88. The Morgan fingerprint density at radius 1 is 1.21 bits per heavy atom. The van der Waals surface area contributed by atoms with Crippen LogP contribution in [0.5, 0.6) is 11.8 Å². The van der Waals surface area contributed by atoms with Gasteiger partial charge >= 0.3 is 5.97 Å². The van der Waals surface area contributed by atoms with Crippen LogP contribution in [0.1, 0.15) is 47.0 Å². The van der Waals surface area contributed by atoms with E-state index in [4.69, 9.17) is 14.2 Å². The molecule has 0 aromatic carbocycles. The van der Waals surface area contributed by atoms with E-state index < -0.39 is 5.25 Å². The van der Waals surface area contributed by atoms with E-state index in [1.165, 1.54) is 26.0 Å². The standard InChI is InChI=1S/C17H28N2O4S/c1-7-9-10-23-15(20)14(17(3,4)8-2)24-16-18-12(21-5)11-13(19-16)22-6/h11,14H,7-10H2,1-6H3. The number of hydrogen-bond donors (Lipinski definition) is 0. The molecule has 24 heavy (non-hydrogen) atoms. The second kappa shape index (κ2) is 9.71. The first-order valence-corrected chi connectivity index (χ1v) is 9.06. The normalized spacial score (nSPS) is 12.6. The van der Waals surface area contributed by atoms with Gasteiger partial charge in [0, 0.05) is 0 Å². The molecule has 1 rings (SSSR count). The number of ether oxygens (including phenoxy) is 3. The first kappa shape index (κ1) is 20.5. The molecule has 0 spiro atoms. The summed E-state index contributed by atoms with van der Waals surface area (Å²) in [5.41, 5.74) is -0.256. The number of carbonyl (C=O) groups excluding carboxylic acids is 1. The first-order chi connectivity index (χ1) is 11.4. The molecule has 1 aromatic heterocycles. The lowest BCUT2D eigenvalue weighted by atomic mass is 9.86. The first-order valence-electron chi connectivity index (χ1n) is 8.18. The van der Waals surface area contributed by atoms with Gasteiger partial charge in [-0.1, -0.05) is 45.9 Å². The predicted molar refractivity (Wildman–Crippen MR) is 94.7 cm³/mol. The Kier molecular flexibility index (Phi) is 8.31. The Morgan fingerprint density at radius 2 is 1.79 bits per heavy atom. The average molecular weight is 356 g/mol. The lowest BCUT2D eigenvalue weighted by molar-refractivity contribution is -0.145. The van der Waals surface area contributed by atoms with Crippen molar-refractivity contribution in [2.45, 2.75) is 57.4 Å². The fraction of sp³-hybridized carbons (Fsp3) is 0.706. The van der Waals surface area contributed by atoms with Gasteiger partial charge in [-0.2, -0.15) is 9.97 Å². The summed E-state index contributed by atoms with van der Waals surface area (Å²) in [4.78, 5) is 21.2. The van der Waals surface area contributed by atoms with Gasteiger partial charge < -0.3 is 14.2 Å². The maximum absolute atomic E-state index is 12.6. The van der Waals surface area contributed by atoms with Crippen LogP contribution >= 0.6 is 11.8 Å². The Balaban J connectivity index is 3.02. The van der Waals surface area contributed by atoms with Crippen LogP contribution in [0.2, 0.25) is 0 Å². The molecular weight excluding hydrogens is 328 g/mol. The molecular formula is C17H28N2O4S. The van der Waals surface area contributed by atoms with Gasteiger partial charge in [0.05, 0.1) is 26.9 Å². The SMILES string of the molecule is CCCCOC(=O)C(Sc1nc(OC)cc(OC)n1)C(C)(C)CC. The van der Waals surface area contributed by atoms with Crippen molar-refractivity contribution >= 4 is 17.7 Å². The minimum Gasteiger partial charge on any atom is -0.481 e. The molecule has 0 aliphatic heterocycles. The summed E-state index contributed by atoms with van der Waals surface area (Å²) in [5, 5.41) is 0.0290. The second-order valence-electron chi connectivity index (χ2n) is 6.10. The Bertz CT molecular complexity index is 515. The topological polar surface area (TPSA) is 70.5 Å². The zero-order chi connectivity index (χ0) is 18.2. The quantitative estimate of drug-likeness (QED) is 0.274. The van der Waals surface area contributed by atoms with E-state index >= 15 is 0 Å². The van der Waals surface area contributed by atoms with E-state index in [0.29, 0.717) is 23.5 Å². The molecule has 0 radical (unpaired) electrons. The van der Waals surface area contributed by atoms with Gasteiger partial charge in [-0.05, 0) is 18.3 Å². The third-order valence-corrected chi connectivity index (χ3v) is 5.34. The molecule has 0 bridgehead atoms. The fourth-order valence-corrected chi connectivity index (χ4v) is 3.00. The zero-order valence-electron chi connectivity index (χ0n) is 15.4. The van der Waals surface area contributed by atoms with Gasteiger partial charge in [0.25, 0.3) is 0 Å². The molecule has 1 aromatic rings. The highest BCUT2D eigenvalue weighted by atomic mass is 32.2. The maximum atomic E-state index is 12.6. The number of aromatic nitrogens is 2. The Morgan fingerprint density at radius 3 is 2.25 bits per heavy atom. The molecule has 1 heterocycles. The van der Waals surface area contributed by atoms with Crippen LogP contribution in [-0.2, 0) is 9.53 Å². The molecule has 0 aliphatic carbocycles. The summed E-state index contributed by atoms with van der Waals surface area (Å²) in [7, 11) is 3.06. The van der Waals surface area contributed by atoms with Crippen LogP contribution in [0.4, 0.5) is 0 Å². The van der Waals surface area contributed by atoms with Crippen molar-refractivity contribution in [1.29, 1.82) is 0 Å². The molecule has 1 unspecified atom stereocenters. The molecule has 6 nitrogen and oxygen atoms in total. The summed E-state index contributed by atoms with van der Waals surface area (Å²) < 4.78 is 15.8. The summed E-state index contributed by atoms with van der Waals surface area (Å²) in [6.45, 7) is 8.65. The van der Waals surface area contributed by atoms with Crippen molar-refractivity contribution in [1.82, 2.24) is 9.97 Å². The molecule has 0 amide bonds. The van der Waals surface area contributed by atoms with Crippen molar-refractivity contribution in [3.8, 4) is 11.8 Å². The van der Waals surface area contributed by atoms with Gasteiger partial charge in [-0.3, -0.25) is 4.79 Å². The second-order valence-corrected chi connectivity index (χ2v) is 7.17. The maximum Gasteiger partial charge on any atom is 0.320 e. The number of rotatable bonds is 10. The van der Waals surface area contributed by atoms with Crippen LogP contribution in [0.15, 0.2) is 11.2 Å². The average Bonchev–Trinajstić information content (AvgIpc) is 2.59. The largest absolute Gasteiger partial charge is 0.481 e. The number of thioether (sulfide) groups is 1. The van der Waals surface area contributed by atoms with Gasteiger partial charge in [0.2, 0.25) is 11.8 Å². The van der Waals surface area contributed by atoms with Gasteiger partial charge in [0.15, 0.2) is 5.16 Å². The summed E-state index contributed by atoms with van der Waals surface area (Å²) in [6.07, 6.45) is 2.67. The van der Waals surface area contributed by atoms with Crippen LogP contribution in [0.3, 0.4) is 0 Å². The number of unbranched alkanes of at least 4 members (excludes halogenated alkanes) is 1. The Labute approximate surface area is 148 Å². The van der Waals surface area contributed by atoms with Crippen molar-refractivity contribution < 1.29 is 19.0 Å². The minimum atomic E-state index is -0.406. The number of esters is 1. The van der Waals surface area contributed by atoms with Crippen LogP contribution in [-0.4, -0.2) is 42.0 Å². The van der Waals surface area contributed by atoms with Crippen molar-refractivity contribution in [3.63, 3.8) is 0 Å². The van der Waals surface area contributed by atoms with Crippen LogP contribution in [0.25, 0.3) is 0 Å². The number of carbonyl (C=O) groups is 1. The van der Waals surface area contributed by atoms with Gasteiger partial charge in [0.1, 0.15) is 5.25 Å². The van der Waals surface area contributed by atoms with Crippen molar-refractivity contribution in [2.24, 2.45) is 5.41 Å². The highest BCUT2D eigenvalue weighted by molar-refractivity contribution is 8.00. The van der Waals surface area contributed by atoms with Gasteiger partial charge in [-0.25, -0.2) is 0 Å². The smallest absolute Gasteiger partial charge is 0.320 e. The third kappa shape index (κ3) is 5.85. The molecule has 0 saturated heterocycles. The molecule has 0 saturated carbocycles. The summed E-state index contributed by atoms with van der Waals surface area (Å²) in [5.74, 6) is 0.569. The molecule has 7 heteroatoms.